The lowest BCUT2D eigenvalue weighted by Gasteiger charge is -2.08. The average Bonchev–Trinajstić information content (AvgIpc) is 2.83. The first-order valence-corrected chi connectivity index (χ1v) is 7.47. The van der Waals surface area contributed by atoms with E-state index >= 15 is 0 Å². The van der Waals surface area contributed by atoms with Crippen molar-refractivity contribution >= 4 is 17.1 Å². The molecule has 0 saturated heterocycles. The molecule has 1 aromatic carbocycles. The van der Waals surface area contributed by atoms with Crippen LogP contribution in [0.25, 0.3) is 16.7 Å². The van der Waals surface area contributed by atoms with Gasteiger partial charge >= 0.3 is 0 Å². The van der Waals surface area contributed by atoms with Crippen LogP contribution in [0.5, 0.6) is 5.75 Å². The van der Waals surface area contributed by atoms with Gasteiger partial charge in [-0.15, -0.1) is 0 Å². The molecule has 1 aromatic heterocycles. The van der Waals surface area contributed by atoms with Crippen molar-refractivity contribution in [3.05, 3.63) is 47.1 Å². The van der Waals surface area contributed by atoms with E-state index in [0.717, 1.165) is 0 Å². The zero-order valence-electron chi connectivity index (χ0n) is 14.4. The van der Waals surface area contributed by atoms with Crippen molar-refractivity contribution in [1.82, 2.24) is 0 Å². The number of ketones is 2. The van der Waals surface area contributed by atoms with Gasteiger partial charge in [0.1, 0.15) is 23.0 Å². The SMILES string of the molecule is COc1ccc(-c2c(/C(C(C)=O)=C(/C)O)oc(C)c2C(C)=O)cc1. The zero-order valence-corrected chi connectivity index (χ0v) is 14.4. The van der Waals surface area contributed by atoms with Gasteiger partial charge in [0.25, 0.3) is 0 Å². The molecule has 0 aliphatic rings. The number of aliphatic hydroxyl groups excluding tert-OH is 1. The van der Waals surface area contributed by atoms with Crippen LogP contribution >= 0.6 is 0 Å². The molecule has 2 aromatic rings. The van der Waals surface area contributed by atoms with Gasteiger partial charge in [-0.1, -0.05) is 12.1 Å². The number of rotatable bonds is 5. The van der Waals surface area contributed by atoms with Crippen molar-refractivity contribution in [3.63, 3.8) is 0 Å². The van der Waals surface area contributed by atoms with Gasteiger partial charge in [0.15, 0.2) is 11.6 Å². The van der Waals surface area contributed by atoms with Crippen LogP contribution in [0.2, 0.25) is 0 Å². The van der Waals surface area contributed by atoms with E-state index in [-0.39, 0.29) is 28.7 Å². The van der Waals surface area contributed by atoms with Crippen molar-refractivity contribution in [3.8, 4) is 16.9 Å². The number of aryl methyl sites for hydroxylation is 1. The minimum atomic E-state index is -0.339. The summed E-state index contributed by atoms with van der Waals surface area (Å²) in [5.74, 6) is 0.616. The van der Waals surface area contributed by atoms with Crippen molar-refractivity contribution in [2.24, 2.45) is 0 Å². The molecule has 0 radical (unpaired) electrons. The molecule has 0 amide bonds. The number of aliphatic hydroxyl groups is 1. The quantitative estimate of drug-likeness (QED) is 0.502. The predicted octanol–water partition coefficient (Wildman–Crippen LogP) is 4.34. The minimum absolute atomic E-state index is 0.0661. The number of benzene rings is 1. The molecule has 5 heteroatoms. The third-order valence-corrected chi connectivity index (χ3v) is 3.76. The normalized spacial score (nSPS) is 11.9. The number of allylic oxidation sites excluding steroid dienone is 2. The molecular weight excluding hydrogens is 308 g/mol. The van der Waals surface area contributed by atoms with Gasteiger partial charge in [0.2, 0.25) is 0 Å². The number of furan rings is 1. The number of ether oxygens (including phenoxy) is 1. The summed E-state index contributed by atoms with van der Waals surface area (Å²) >= 11 is 0. The van der Waals surface area contributed by atoms with Gasteiger partial charge in [-0.05, 0) is 45.4 Å². The van der Waals surface area contributed by atoms with Gasteiger partial charge in [0.05, 0.1) is 18.2 Å². The predicted molar refractivity (Wildman–Crippen MR) is 91.3 cm³/mol. The smallest absolute Gasteiger partial charge is 0.166 e. The van der Waals surface area contributed by atoms with Gasteiger partial charge in [-0.25, -0.2) is 0 Å². The first-order chi connectivity index (χ1) is 11.3. The number of methoxy groups -OCH3 is 1. The van der Waals surface area contributed by atoms with Gasteiger partial charge in [-0.2, -0.15) is 0 Å². The highest BCUT2D eigenvalue weighted by molar-refractivity contribution is 6.22. The Morgan fingerprint density at radius 2 is 1.67 bits per heavy atom. The van der Waals surface area contributed by atoms with Gasteiger partial charge in [-0.3, -0.25) is 9.59 Å². The first-order valence-electron chi connectivity index (χ1n) is 7.47. The number of hydrogen-bond acceptors (Lipinski definition) is 5. The van der Waals surface area contributed by atoms with Gasteiger partial charge < -0.3 is 14.3 Å². The summed E-state index contributed by atoms with van der Waals surface area (Å²) in [4.78, 5) is 24.1. The van der Waals surface area contributed by atoms with Crippen molar-refractivity contribution in [2.45, 2.75) is 27.7 Å². The molecule has 5 nitrogen and oxygen atoms in total. The van der Waals surface area contributed by atoms with E-state index in [1.165, 1.54) is 20.8 Å². The maximum atomic E-state index is 12.1. The Balaban J connectivity index is 2.82. The summed E-state index contributed by atoms with van der Waals surface area (Å²) in [6.07, 6.45) is 0. The van der Waals surface area contributed by atoms with E-state index in [2.05, 4.69) is 0 Å². The molecule has 0 bridgehead atoms. The molecule has 0 unspecified atom stereocenters. The molecule has 0 fully saturated rings. The van der Waals surface area contributed by atoms with E-state index in [1.54, 1.807) is 38.3 Å². The van der Waals surface area contributed by atoms with E-state index in [9.17, 15) is 14.7 Å². The lowest BCUT2D eigenvalue weighted by Crippen LogP contribution is -2.01. The molecule has 0 spiro atoms. The number of hydrogen-bond donors (Lipinski definition) is 1. The fourth-order valence-electron chi connectivity index (χ4n) is 2.76. The summed E-state index contributed by atoms with van der Waals surface area (Å²) in [6.45, 7) is 5.87. The molecule has 1 N–H and O–H groups in total. The van der Waals surface area contributed by atoms with Crippen molar-refractivity contribution in [2.75, 3.05) is 7.11 Å². The number of carbonyl (C=O) groups is 2. The highest BCUT2D eigenvalue weighted by Crippen LogP contribution is 2.38. The Hall–Kier alpha value is -2.82. The molecule has 126 valence electrons. The van der Waals surface area contributed by atoms with E-state index in [0.29, 0.717) is 28.2 Å². The van der Waals surface area contributed by atoms with Crippen LogP contribution in [0.1, 0.15) is 42.6 Å². The van der Waals surface area contributed by atoms with Crippen molar-refractivity contribution in [1.29, 1.82) is 0 Å². The average molecular weight is 328 g/mol. The largest absolute Gasteiger partial charge is 0.512 e. The monoisotopic (exact) mass is 328 g/mol. The van der Waals surface area contributed by atoms with E-state index in [4.69, 9.17) is 9.15 Å². The van der Waals surface area contributed by atoms with Crippen molar-refractivity contribution < 1.29 is 23.8 Å². The highest BCUT2D eigenvalue weighted by atomic mass is 16.5. The summed E-state index contributed by atoms with van der Waals surface area (Å²) in [6, 6.07) is 7.08. The van der Waals surface area contributed by atoms with E-state index < -0.39 is 0 Å². The maximum Gasteiger partial charge on any atom is 0.166 e. The third kappa shape index (κ3) is 3.11. The van der Waals surface area contributed by atoms with Crippen LogP contribution in [-0.4, -0.2) is 23.8 Å². The fourth-order valence-corrected chi connectivity index (χ4v) is 2.76. The van der Waals surface area contributed by atoms with Crippen LogP contribution in [0.3, 0.4) is 0 Å². The Bertz CT molecular complexity index is 818. The second-order valence-electron chi connectivity index (χ2n) is 5.54. The van der Waals surface area contributed by atoms with Crippen LogP contribution in [0.15, 0.2) is 34.4 Å². The second kappa shape index (κ2) is 6.74. The molecule has 24 heavy (non-hydrogen) atoms. The summed E-state index contributed by atoms with van der Waals surface area (Å²) in [7, 11) is 1.56. The highest BCUT2D eigenvalue weighted by Gasteiger charge is 2.27. The van der Waals surface area contributed by atoms with Crippen LogP contribution < -0.4 is 4.74 Å². The van der Waals surface area contributed by atoms with Gasteiger partial charge in [0, 0.05) is 5.56 Å². The minimum Gasteiger partial charge on any atom is -0.512 e. The Morgan fingerprint density at radius 1 is 1.08 bits per heavy atom. The number of carbonyl (C=O) groups excluding carboxylic acids is 2. The molecule has 2 rings (SSSR count). The second-order valence-corrected chi connectivity index (χ2v) is 5.54. The summed E-state index contributed by atoms with van der Waals surface area (Å²) in [5.41, 5.74) is 1.67. The fraction of sp³-hybridized carbons (Fsp3) is 0.263. The van der Waals surface area contributed by atoms with Crippen LogP contribution in [-0.2, 0) is 4.79 Å². The Morgan fingerprint density at radius 3 is 2.08 bits per heavy atom. The van der Waals surface area contributed by atoms with E-state index in [1.807, 2.05) is 0 Å². The molecular formula is C19H20O5. The standard InChI is InChI=1S/C19H20O5/c1-10(20)16(11(2)21)19-18(17(12(3)22)13(4)24-19)14-6-8-15(23-5)9-7-14/h6-9,20H,1-5H3/b16-10-. The molecule has 0 aliphatic carbocycles. The summed E-state index contributed by atoms with van der Waals surface area (Å²) in [5, 5.41) is 9.92. The maximum absolute atomic E-state index is 12.1. The Labute approximate surface area is 140 Å². The molecule has 1 heterocycles. The molecule has 0 aliphatic heterocycles. The molecule has 0 saturated carbocycles. The lowest BCUT2D eigenvalue weighted by atomic mass is 9.94. The third-order valence-electron chi connectivity index (χ3n) is 3.76. The topological polar surface area (TPSA) is 76.7 Å². The number of Topliss-reactive ketones (excluding diaryl/α,β-unsaturated/α-hetero) is 2. The van der Waals surface area contributed by atoms with Crippen LogP contribution in [0, 0.1) is 6.92 Å². The Kier molecular flexibility index (Phi) is 4.93. The lowest BCUT2D eigenvalue weighted by molar-refractivity contribution is -0.112. The molecule has 0 atom stereocenters. The summed E-state index contributed by atoms with van der Waals surface area (Å²) < 4.78 is 10.9. The first kappa shape index (κ1) is 17.5. The zero-order chi connectivity index (χ0) is 18.0. The van der Waals surface area contributed by atoms with Crippen LogP contribution in [0.4, 0.5) is 0 Å².